The van der Waals surface area contributed by atoms with Crippen LogP contribution in [0.3, 0.4) is 0 Å². The summed E-state index contributed by atoms with van der Waals surface area (Å²) in [5.41, 5.74) is 0.255. The number of nitrogens with zero attached hydrogens (tertiary/aromatic N) is 2. The Morgan fingerprint density at radius 2 is 1.79 bits per heavy atom. The number of pyridine rings is 1. The van der Waals surface area contributed by atoms with Gasteiger partial charge in [-0.15, -0.1) is 0 Å². The zero-order valence-corrected chi connectivity index (χ0v) is 16.2. The first-order chi connectivity index (χ1) is 13.8. The van der Waals surface area contributed by atoms with E-state index in [4.69, 9.17) is 0 Å². The van der Waals surface area contributed by atoms with Crippen LogP contribution in [-0.2, 0) is 4.79 Å². The van der Waals surface area contributed by atoms with Crippen molar-refractivity contribution < 1.29 is 27.5 Å². The fraction of sp³-hybridized carbons (Fsp3) is 0.650. The van der Waals surface area contributed by atoms with E-state index in [0.717, 1.165) is 25.7 Å². The predicted molar refractivity (Wildman–Crippen MR) is 99.4 cm³/mol. The van der Waals surface area contributed by atoms with Gasteiger partial charge >= 0.3 is 6.18 Å². The Morgan fingerprint density at radius 1 is 1.10 bits per heavy atom. The van der Waals surface area contributed by atoms with Crippen LogP contribution in [0.5, 0.6) is 5.88 Å². The van der Waals surface area contributed by atoms with Crippen LogP contribution < -0.4 is 10.1 Å². The van der Waals surface area contributed by atoms with Gasteiger partial charge in [0.25, 0.3) is 5.91 Å². The molecular formula is C20H26F3N3O3. The topological polar surface area (TPSA) is 71.5 Å². The number of rotatable bonds is 5. The molecule has 1 aromatic rings. The number of likely N-dealkylation sites (tertiary alicyclic amines) is 1. The summed E-state index contributed by atoms with van der Waals surface area (Å²) >= 11 is 0. The van der Waals surface area contributed by atoms with Crippen molar-refractivity contribution >= 4 is 11.8 Å². The lowest BCUT2D eigenvalue weighted by Crippen LogP contribution is -2.48. The van der Waals surface area contributed by atoms with Gasteiger partial charge in [0.15, 0.2) is 6.61 Å². The largest absolute Gasteiger partial charge is 0.468 e. The van der Waals surface area contributed by atoms with Crippen molar-refractivity contribution in [3.8, 4) is 5.88 Å². The normalized spacial score (nSPS) is 19.1. The van der Waals surface area contributed by atoms with Gasteiger partial charge in [-0.1, -0.05) is 19.3 Å². The number of alkyl halides is 3. The second kappa shape index (κ2) is 9.45. The first-order valence-electron chi connectivity index (χ1n) is 10.1. The molecule has 0 spiro atoms. The zero-order valence-electron chi connectivity index (χ0n) is 16.2. The third-order valence-corrected chi connectivity index (χ3v) is 5.48. The lowest BCUT2D eigenvalue weighted by molar-refractivity contribution is -0.154. The van der Waals surface area contributed by atoms with Crippen LogP contribution in [0.1, 0.15) is 55.3 Å². The molecule has 9 heteroatoms. The van der Waals surface area contributed by atoms with Crippen LogP contribution in [0.25, 0.3) is 0 Å². The molecule has 1 aliphatic carbocycles. The number of hydrogen-bond acceptors (Lipinski definition) is 4. The molecule has 2 heterocycles. The quantitative estimate of drug-likeness (QED) is 0.804. The maximum atomic E-state index is 12.6. The standard InChI is InChI=1S/C20H26F3N3O3/c21-20(22,23)13-29-17-7-6-15(12-24-17)18(27)25-16-8-10-26(11-9-16)19(28)14-4-2-1-3-5-14/h6-7,12,14,16H,1-5,8-11,13H2,(H,25,27). The van der Waals surface area contributed by atoms with E-state index in [-0.39, 0.29) is 35.2 Å². The molecule has 1 saturated heterocycles. The van der Waals surface area contributed by atoms with Crippen molar-refractivity contribution in [3.63, 3.8) is 0 Å². The predicted octanol–water partition coefficient (Wildman–Crippen LogP) is 3.32. The number of ether oxygens (including phenoxy) is 1. The highest BCUT2D eigenvalue weighted by Crippen LogP contribution is 2.26. The molecule has 2 fully saturated rings. The highest BCUT2D eigenvalue weighted by atomic mass is 19.4. The van der Waals surface area contributed by atoms with Crippen LogP contribution in [0, 0.1) is 5.92 Å². The number of nitrogens with one attached hydrogen (secondary N) is 1. The highest BCUT2D eigenvalue weighted by molar-refractivity contribution is 5.94. The van der Waals surface area contributed by atoms with Gasteiger partial charge in [0.1, 0.15) is 0 Å². The van der Waals surface area contributed by atoms with Crippen molar-refractivity contribution in [3.05, 3.63) is 23.9 Å². The van der Waals surface area contributed by atoms with E-state index >= 15 is 0 Å². The minimum absolute atomic E-state index is 0.0425. The number of hydrogen-bond donors (Lipinski definition) is 1. The summed E-state index contributed by atoms with van der Waals surface area (Å²) in [6.07, 6.45) is 3.54. The Hall–Kier alpha value is -2.32. The van der Waals surface area contributed by atoms with Crippen molar-refractivity contribution in [2.75, 3.05) is 19.7 Å². The summed E-state index contributed by atoms with van der Waals surface area (Å²) in [5, 5.41) is 2.91. The van der Waals surface area contributed by atoms with Crippen LogP contribution in [0.15, 0.2) is 18.3 Å². The van der Waals surface area contributed by atoms with Crippen LogP contribution >= 0.6 is 0 Å². The van der Waals surface area contributed by atoms with Crippen molar-refractivity contribution in [2.45, 2.75) is 57.2 Å². The molecule has 1 saturated carbocycles. The molecule has 0 atom stereocenters. The molecule has 160 valence electrons. The van der Waals surface area contributed by atoms with E-state index in [9.17, 15) is 22.8 Å². The Labute approximate surface area is 167 Å². The Bertz CT molecular complexity index is 695. The van der Waals surface area contributed by atoms with Gasteiger partial charge in [-0.2, -0.15) is 13.2 Å². The zero-order chi connectivity index (χ0) is 20.9. The van der Waals surface area contributed by atoms with Gasteiger partial charge in [-0.3, -0.25) is 9.59 Å². The van der Waals surface area contributed by atoms with E-state index in [0.29, 0.717) is 25.9 Å². The number of halogens is 3. The molecule has 6 nitrogen and oxygen atoms in total. The van der Waals surface area contributed by atoms with Crippen molar-refractivity contribution in [1.82, 2.24) is 15.2 Å². The smallest absolute Gasteiger partial charge is 0.422 e. The van der Waals surface area contributed by atoms with Gasteiger partial charge in [0.2, 0.25) is 11.8 Å². The van der Waals surface area contributed by atoms with E-state index in [1.165, 1.54) is 24.8 Å². The monoisotopic (exact) mass is 413 g/mol. The average molecular weight is 413 g/mol. The van der Waals surface area contributed by atoms with Gasteiger partial charge in [-0.05, 0) is 31.7 Å². The molecule has 2 amide bonds. The SMILES string of the molecule is O=C(NC1CCN(C(=O)C2CCCCC2)CC1)c1ccc(OCC(F)(F)F)nc1. The minimum atomic E-state index is -4.44. The van der Waals surface area contributed by atoms with Crippen LogP contribution in [-0.4, -0.2) is 53.6 Å². The van der Waals surface area contributed by atoms with Crippen molar-refractivity contribution in [1.29, 1.82) is 0 Å². The summed E-state index contributed by atoms with van der Waals surface area (Å²) in [5.74, 6) is -0.127. The van der Waals surface area contributed by atoms with E-state index in [2.05, 4.69) is 15.0 Å². The molecule has 1 aromatic heterocycles. The van der Waals surface area contributed by atoms with Gasteiger partial charge < -0.3 is 15.0 Å². The first kappa shape index (κ1) is 21.4. The number of piperidine rings is 1. The lowest BCUT2D eigenvalue weighted by atomic mass is 9.87. The molecule has 0 aromatic carbocycles. The lowest BCUT2D eigenvalue weighted by Gasteiger charge is -2.35. The molecular weight excluding hydrogens is 387 g/mol. The fourth-order valence-electron chi connectivity index (χ4n) is 3.88. The number of carbonyl (C=O) groups is 2. The Balaban J connectivity index is 1.44. The van der Waals surface area contributed by atoms with Crippen LogP contribution in [0.4, 0.5) is 13.2 Å². The molecule has 0 radical (unpaired) electrons. The second-order valence-electron chi connectivity index (χ2n) is 7.70. The maximum Gasteiger partial charge on any atom is 0.422 e. The summed E-state index contributed by atoms with van der Waals surface area (Å²) in [7, 11) is 0. The fourth-order valence-corrected chi connectivity index (χ4v) is 3.88. The third kappa shape index (κ3) is 6.33. The Morgan fingerprint density at radius 3 is 2.38 bits per heavy atom. The number of carbonyl (C=O) groups excluding carboxylic acids is 2. The highest BCUT2D eigenvalue weighted by Gasteiger charge is 2.30. The summed E-state index contributed by atoms with van der Waals surface area (Å²) in [4.78, 5) is 30.6. The number of amides is 2. The molecule has 3 rings (SSSR count). The van der Waals surface area contributed by atoms with Gasteiger partial charge in [0, 0.05) is 37.3 Å². The molecule has 0 unspecified atom stereocenters. The van der Waals surface area contributed by atoms with E-state index in [1.807, 2.05) is 4.90 Å². The first-order valence-corrected chi connectivity index (χ1v) is 10.1. The minimum Gasteiger partial charge on any atom is -0.468 e. The average Bonchev–Trinajstić information content (AvgIpc) is 2.73. The summed E-state index contributed by atoms with van der Waals surface area (Å²) in [6, 6.07) is 2.58. The molecule has 1 aliphatic heterocycles. The summed E-state index contributed by atoms with van der Waals surface area (Å²) in [6.45, 7) is -0.171. The van der Waals surface area contributed by atoms with Crippen molar-refractivity contribution in [2.24, 2.45) is 5.92 Å². The summed E-state index contributed by atoms with van der Waals surface area (Å²) < 4.78 is 41.0. The van der Waals surface area contributed by atoms with Crippen LogP contribution in [0.2, 0.25) is 0 Å². The molecule has 1 N–H and O–H groups in total. The number of aromatic nitrogens is 1. The molecule has 2 aliphatic rings. The van der Waals surface area contributed by atoms with E-state index < -0.39 is 12.8 Å². The Kier molecular flexibility index (Phi) is 6.97. The molecule has 29 heavy (non-hydrogen) atoms. The second-order valence-corrected chi connectivity index (χ2v) is 7.70. The molecule has 0 bridgehead atoms. The van der Waals surface area contributed by atoms with Gasteiger partial charge in [0.05, 0.1) is 5.56 Å². The van der Waals surface area contributed by atoms with E-state index in [1.54, 1.807) is 0 Å². The maximum absolute atomic E-state index is 12.6. The third-order valence-electron chi connectivity index (χ3n) is 5.48. The van der Waals surface area contributed by atoms with Gasteiger partial charge in [-0.25, -0.2) is 4.98 Å².